The summed E-state index contributed by atoms with van der Waals surface area (Å²) in [6.07, 6.45) is 4.39. The zero-order valence-corrected chi connectivity index (χ0v) is 11.6. The van der Waals surface area contributed by atoms with Crippen molar-refractivity contribution >= 4 is 12.1 Å². The first kappa shape index (κ1) is 15.3. The van der Waals surface area contributed by atoms with Crippen molar-refractivity contribution in [3.63, 3.8) is 0 Å². The van der Waals surface area contributed by atoms with Crippen LogP contribution in [0.4, 0.5) is 4.79 Å². The highest BCUT2D eigenvalue weighted by atomic mass is 16.6. The minimum Gasteiger partial charge on any atom is -0.478 e. The first-order valence-corrected chi connectivity index (χ1v) is 6.26. The molecule has 1 aliphatic rings. The molecule has 0 spiro atoms. The number of carboxylic acid groups (broad SMARTS) is 1. The topological polar surface area (TPSA) is 75.6 Å². The summed E-state index contributed by atoms with van der Waals surface area (Å²) in [7, 11) is 0. The van der Waals surface area contributed by atoms with Crippen molar-refractivity contribution in [2.45, 2.75) is 45.3 Å². The lowest BCUT2D eigenvalue weighted by molar-refractivity contribution is -0.132. The molecule has 0 heterocycles. The number of hydrogen-bond donors (Lipinski definition) is 2. The van der Waals surface area contributed by atoms with Crippen molar-refractivity contribution in [1.82, 2.24) is 5.32 Å². The molecule has 0 fully saturated rings. The van der Waals surface area contributed by atoms with Crippen LogP contribution in [0.25, 0.3) is 0 Å². The Morgan fingerprint density at radius 3 is 2.58 bits per heavy atom. The quantitative estimate of drug-likeness (QED) is 0.606. The van der Waals surface area contributed by atoms with Crippen molar-refractivity contribution in [1.29, 1.82) is 0 Å². The zero-order valence-electron chi connectivity index (χ0n) is 11.6. The Morgan fingerprint density at radius 1 is 1.42 bits per heavy atom. The van der Waals surface area contributed by atoms with E-state index in [0.29, 0.717) is 12.8 Å². The number of nitrogens with one attached hydrogen (secondary N) is 1. The van der Waals surface area contributed by atoms with Gasteiger partial charge in [-0.15, -0.1) is 0 Å². The molecule has 5 heteroatoms. The highest BCUT2D eigenvalue weighted by Crippen LogP contribution is 2.24. The molecule has 1 aliphatic carbocycles. The summed E-state index contributed by atoms with van der Waals surface area (Å²) in [6, 6.07) is -0.110. The Kier molecular flexibility index (Phi) is 4.75. The summed E-state index contributed by atoms with van der Waals surface area (Å²) >= 11 is 0. The second-order valence-electron chi connectivity index (χ2n) is 5.75. The van der Waals surface area contributed by atoms with Crippen LogP contribution >= 0.6 is 0 Å². The average molecular weight is 267 g/mol. The zero-order chi connectivity index (χ0) is 14.6. The Balaban J connectivity index is 2.37. The number of rotatable bonds is 4. The minimum atomic E-state index is -0.975. The maximum atomic E-state index is 11.6. The standard InChI is InChI=1S/C14H21NO4/c1-9(12(16)17)7-10-5-6-11(8-10)15-13(18)19-14(2,3)4/h5-6,10-11H,1,7-8H2,2-4H3,(H,15,18)(H,16,17). The van der Waals surface area contributed by atoms with Gasteiger partial charge < -0.3 is 15.2 Å². The molecule has 0 saturated heterocycles. The number of allylic oxidation sites excluding steroid dienone is 1. The summed E-state index contributed by atoms with van der Waals surface area (Å²) < 4.78 is 5.16. The van der Waals surface area contributed by atoms with Crippen LogP contribution in [0.2, 0.25) is 0 Å². The van der Waals surface area contributed by atoms with Crippen LogP contribution in [0.15, 0.2) is 24.3 Å². The summed E-state index contributed by atoms with van der Waals surface area (Å²) in [6.45, 7) is 8.91. The van der Waals surface area contributed by atoms with Crippen molar-refractivity contribution in [3.05, 3.63) is 24.3 Å². The Labute approximate surface area is 113 Å². The number of alkyl carbamates (subject to hydrolysis) is 1. The predicted octanol–water partition coefficient (Wildman–Crippen LogP) is 2.49. The van der Waals surface area contributed by atoms with Gasteiger partial charge in [0.05, 0.1) is 6.04 Å². The fourth-order valence-electron chi connectivity index (χ4n) is 1.90. The van der Waals surface area contributed by atoms with E-state index in [2.05, 4.69) is 11.9 Å². The largest absolute Gasteiger partial charge is 0.478 e. The molecule has 2 unspecified atom stereocenters. The summed E-state index contributed by atoms with van der Waals surface area (Å²) in [5.41, 5.74) is -0.337. The van der Waals surface area contributed by atoms with Crippen LogP contribution in [0.3, 0.4) is 0 Å². The van der Waals surface area contributed by atoms with Gasteiger partial charge in [-0.05, 0) is 39.5 Å². The van der Waals surface area contributed by atoms with Crippen molar-refractivity contribution in [2.24, 2.45) is 5.92 Å². The molecule has 19 heavy (non-hydrogen) atoms. The monoisotopic (exact) mass is 267 g/mol. The van der Waals surface area contributed by atoms with Gasteiger partial charge in [0.25, 0.3) is 0 Å². The summed E-state index contributed by atoms with van der Waals surface area (Å²) in [4.78, 5) is 22.3. The van der Waals surface area contributed by atoms with Gasteiger partial charge in [0, 0.05) is 5.57 Å². The number of carbonyl (C=O) groups excluding carboxylic acids is 1. The molecule has 0 bridgehead atoms. The number of carboxylic acids is 1. The molecule has 1 rings (SSSR count). The maximum absolute atomic E-state index is 11.6. The number of hydrogen-bond acceptors (Lipinski definition) is 3. The van der Waals surface area contributed by atoms with E-state index in [4.69, 9.17) is 9.84 Å². The lowest BCUT2D eigenvalue weighted by Gasteiger charge is -2.21. The van der Waals surface area contributed by atoms with Gasteiger partial charge in [-0.2, -0.15) is 0 Å². The molecule has 0 saturated carbocycles. The highest BCUT2D eigenvalue weighted by Gasteiger charge is 2.24. The van der Waals surface area contributed by atoms with E-state index < -0.39 is 17.7 Å². The second-order valence-corrected chi connectivity index (χ2v) is 5.75. The first-order valence-electron chi connectivity index (χ1n) is 6.26. The predicted molar refractivity (Wildman–Crippen MR) is 71.8 cm³/mol. The lowest BCUT2D eigenvalue weighted by atomic mass is 9.99. The first-order chi connectivity index (χ1) is 8.67. The third-order valence-corrected chi connectivity index (χ3v) is 2.69. The molecule has 0 aliphatic heterocycles. The van der Waals surface area contributed by atoms with E-state index in [1.54, 1.807) is 20.8 Å². The smallest absolute Gasteiger partial charge is 0.408 e. The van der Waals surface area contributed by atoms with E-state index >= 15 is 0 Å². The molecule has 0 aromatic heterocycles. The number of aliphatic carboxylic acids is 1. The van der Waals surface area contributed by atoms with E-state index in [-0.39, 0.29) is 17.5 Å². The molecular weight excluding hydrogens is 246 g/mol. The van der Waals surface area contributed by atoms with Gasteiger partial charge in [-0.1, -0.05) is 18.7 Å². The molecule has 2 atom stereocenters. The van der Waals surface area contributed by atoms with Crippen LogP contribution in [0, 0.1) is 5.92 Å². The molecule has 106 valence electrons. The van der Waals surface area contributed by atoms with E-state index in [1.807, 2.05) is 12.2 Å². The van der Waals surface area contributed by atoms with Gasteiger partial charge >= 0.3 is 12.1 Å². The van der Waals surface area contributed by atoms with E-state index in [9.17, 15) is 9.59 Å². The Hall–Kier alpha value is -1.78. The van der Waals surface area contributed by atoms with Gasteiger partial charge in [0.2, 0.25) is 0 Å². The lowest BCUT2D eigenvalue weighted by Crippen LogP contribution is -2.37. The number of carbonyl (C=O) groups is 2. The minimum absolute atomic E-state index is 0.100. The maximum Gasteiger partial charge on any atom is 0.408 e. The van der Waals surface area contributed by atoms with Crippen LogP contribution in [0.5, 0.6) is 0 Å². The summed E-state index contributed by atoms with van der Waals surface area (Å²) in [5.74, 6) is -0.875. The molecule has 5 nitrogen and oxygen atoms in total. The molecule has 1 amide bonds. The second kappa shape index (κ2) is 5.91. The summed E-state index contributed by atoms with van der Waals surface area (Å²) in [5, 5.41) is 11.5. The van der Waals surface area contributed by atoms with Crippen molar-refractivity contribution < 1.29 is 19.4 Å². The van der Waals surface area contributed by atoms with Crippen molar-refractivity contribution in [3.8, 4) is 0 Å². The SMILES string of the molecule is C=C(CC1C=CC(NC(=O)OC(C)(C)C)C1)C(=O)O. The van der Waals surface area contributed by atoms with E-state index in [1.165, 1.54) is 0 Å². The number of amides is 1. The van der Waals surface area contributed by atoms with E-state index in [0.717, 1.165) is 0 Å². The number of ether oxygens (including phenoxy) is 1. The normalized spacial score (nSPS) is 22.1. The fourth-order valence-corrected chi connectivity index (χ4v) is 1.90. The highest BCUT2D eigenvalue weighted by molar-refractivity contribution is 5.85. The molecule has 0 aromatic carbocycles. The molecular formula is C14H21NO4. The van der Waals surface area contributed by atoms with Crippen molar-refractivity contribution in [2.75, 3.05) is 0 Å². The van der Waals surface area contributed by atoms with Gasteiger partial charge in [0.15, 0.2) is 0 Å². The van der Waals surface area contributed by atoms with Gasteiger partial charge in [-0.25, -0.2) is 9.59 Å². The van der Waals surface area contributed by atoms with Gasteiger partial charge in [-0.3, -0.25) is 0 Å². The van der Waals surface area contributed by atoms with Crippen LogP contribution in [-0.4, -0.2) is 28.8 Å². The fraction of sp³-hybridized carbons (Fsp3) is 0.571. The van der Waals surface area contributed by atoms with Crippen LogP contribution in [-0.2, 0) is 9.53 Å². The van der Waals surface area contributed by atoms with Crippen LogP contribution in [0.1, 0.15) is 33.6 Å². The average Bonchev–Trinajstić information content (AvgIpc) is 2.61. The third kappa shape index (κ3) is 5.59. The molecule has 2 N–H and O–H groups in total. The third-order valence-electron chi connectivity index (χ3n) is 2.69. The molecule has 0 aromatic rings. The molecule has 0 radical (unpaired) electrons. The van der Waals surface area contributed by atoms with Gasteiger partial charge in [0.1, 0.15) is 5.60 Å². The van der Waals surface area contributed by atoms with Crippen LogP contribution < -0.4 is 5.32 Å². The Morgan fingerprint density at radius 2 is 2.05 bits per heavy atom. The Bertz CT molecular complexity index is 406.